The third kappa shape index (κ3) is 3.88. The topological polar surface area (TPSA) is 67.8 Å². The zero-order valence-electron chi connectivity index (χ0n) is 17.6. The van der Waals surface area contributed by atoms with E-state index >= 15 is 0 Å². The Balaban J connectivity index is 1.61. The molecule has 0 saturated carbocycles. The zero-order chi connectivity index (χ0) is 22.8. The summed E-state index contributed by atoms with van der Waals surface area (Å²) >= 11 is 0. The number of hydrogen-bond acceptors (Lipinski definition) is 3. The highest BCUT2D eigenvalue weighted by Crippen LogP contribution is 2.43. The van der Waals surface area contributed by atoms with Crippen LogP contribution in [0.5, 0.6) is 5.75 Å². The molecule has 0 fully saturated rings. The van der Waals surface area contributed by atoms with Gasteiger partial charge in [-0.1, -0.05) is 72.8 Å². The smallest absolute Gasteiger partial charge is 0.269 e. The highest BCUT2D eigenvalue weighted by Gasteiger charge is 2.20. The summed E-state index contributed by atoms with van der Waals surface area (Å²) in [6.07, 6.45) is 5.78. The number of fused-ring (bicyclic) bond motifs is 1. The summed E-state index contributed by atoms with van der Waals surface area (Å²) in [5.41, 5.74) is 6.22. The first-order valence-corrected chi connectivity index (χ1v) is 10.5. The Morgan fingerprint density at radius 3 is 2.00 bits per heavy atom. The van der Waals surface area contributed by atoms with Crippen molar-refractivity contribution in [3.05, 3.63) is 124 Å². The van der Waals surface area contributed by atoms with Gasteiger partial charge < -0.3 is 9.51 Å². The highest BCUT2D eigenvalue weighted by molar-refractivity contribution is 5.94. The number of benzene rings is 3. The first-order valence-electron chi connectivity index (χ1n) is 10.5. The lowest BCUT2D eigenvalue weighted by Crippen LogP contribution is -1.90. The number of nitro groups is 1. The van der Waals surface area contributed by atoms with Gasteiger partial charge in [0, 0.05) is 18.3 Å². The average molecular weight is 432 g/mol. The summed E-state index contributed by atoms with van der Waals surface area (Å²) in [6.45, 7) is 0. The Hall–Kier alpha value is -4.64. The van der Waals surface area contributed by atoms with E-state index in [9.17, 15) is 15.2 Å². The molecule has 1 N–H and O–H groups in total. The van der Waals surface area contributed by atoms with Gasteiger partial charge in [-0.3, -0.25) is 10.1 Å². The van der Waals surface area contributed by atoms with Crippen molar-refractivity contribution in [1.82, 2.24) is 4.40 Å². The molecule has 0 aliphatic heterocycles. The number of aromatic nitrogens is 1. The second kappa shape index (κ2) is 8.48. The van der Waals surface area contributed by atoms with Gasteiger partial charge in [-0.25, -0.2) is 0 Å². The van der Waals surface area contributed by atoms with Gasteiger partial charge in [0.25, 0.3) is 5.69 Å². The molecular weight excluding hydrogens is 412 g/mol. The number of aromatic hydroxyl groups is 1. The number of pyridine rings is 1. The second-order valence-electron chi connectivity index (χ2n) is 7.70. The monoisotopic (exact) mass is 432 g/mol. The Morgan fingerprint density at radius 2 is 1.36 bits per heavy atom. The molecular formula is C28H20N2O3. The number of rotatable bonds is 5. The summed E-state index contributed by atoms with van der Waals surface area (Å²) in [7, 11) is 0. The number of hydrogen-bond donors (Lipinski definition) is 1. The van der Waals surface area contributed by atoms with Crippen LogP contribution < -0.4 is 0 Å². The second-order valence-corrected chi connectivity index (χ2v) is 7.70. The number of non-ortho nitro benzene ring substituents is 1. The van der Waals surface area contributed by atoms with E-state index in [-0.39, 0.29) is 11.4 Å². The van der Waals surface area contributed by atoms with Crippen LogP contribution in [-0.4, -0.2) is 14.4 Å². The number of nitrogens with zero attached hydrogens (tertiary/aromatic N) is 2. The molecule has 5 aromatic rings. The molecule has 2 aromatic heterocycles. The van der Waals surface area contributed by atoms with Crippen LogP contribution in [0.15, 0.2) is 103 Å². The van der Waals surface area contributed by atoms with Crippen LogP contribution in [0.1, 0.15) is 11.1 Å². The van der Waals surface area contributed by atoms with E-state index in [0.717, 1.165) is 33.5 Å². The van der Waals surface area contributed by atoms with Gasteiger partial charge >= 0.3 is 0 Å². The summed E-state index contributed by atoms with van der Waals surface area (Å²) in [4.78, 5) is 10.4. The molecule has 0 aliphatic carbocycles. The van der Waals surface area contributed by atoms with Crippen LogP contribution >= 0.6 is 0 Å². The van der Waals surface area contributed by atoms with Crippen molar-refractivity contribution >= 4 is 23.4 Å². The zero-order valence-corrected chi connectivity index (χ0v) is 17.6. The van der Waals surface area contributed by atoms with Crippen molar-refractivity contribution in [3.63, 3.8) is 0 Å². The molecule has 0 saturated heterocycles. The molecule has 0 atom stereocenters. The van der Waals surface area contributed by atoms with Crippen molar-refractivity contribution in [2.24, 2.45) is 0 Å². The Kier molecular flexibility index (Phi) is 5.21. The fourth-order valence-electron chi connectivity index (χ4n) is 4.02. The average Bonchev–Trinajstić information content (AvgIpc) is 3.16. The maximum atomic E-state index is 11.3. The quantitative estimate of drug-likeness (QED) is 0.239. The van der Waals surface area contributed by atoms with Crippen molar-refractivity contribution in [1.29, 1.82) is 0 Å². The molecule has 5 nitrogen and oxygen atoms in total. The predicted octanol–water partition coefficient (Wildman–Crippen LogP) is 7.06. The standard InChI is InChI=1S/C28H20N2O3/c31-28-25-19-21(12-11-20-13-15-24(16-14-20)30(32)33)17-18-29(25)27(23-9-5-2-6-10-23)26(28)22-7-3-1-4-8-22/h1-19,31H. The lowest BCUT2D eigenvalue weighted by Gasteiger charge is -2.07. The third-order valence-corrected chi connectivity index (χ3v) is 5.62. The van der Waals surface area contributed by atoms with Crippen LogP contribution in [0, 0.1) is 10.1 Å². The Labute approximate surface area is 190 Å². The van der Waals surface area contributed by atoms with Crippen LogP contribution in [0.25, 0.3) is 40.1 Å². The van der Waals surface area contributed by atoms with E-state index in [2.05, 4.69) is 0 Å². The maximum Gasteiger partial charge on any atom is 0.269 e. The summed E-state index contributed by atoms with van der Waals surface area (Å²) in [5, 5.41) is 22.1. The maximum absolute atomic E-state index is 11.3. The Morgan fingerprint density at radius 1 is 0.758 bits per heavy atom. The van der Waals surface area contributed by atoms with E-state index in [0.29, 0.717) is 5.52 Å². The largest absolute Gasteiger partial charge is 0.505 e. The van der Waals surface area contributed by atoms with Crippen molar-refractivity contribution in [2.75, 3.05) is 0 Å². The van der Waals surface area contributed by atoms with Crippen LogP contribution in [0.3, 0.4) is 0 Å². The fourth-order valence-corrected chi connectivity index (χ4v) is 4.02. The molecule has 0 bridgehead atoms. The first-order chi connectivity index (χ1) is 16.1. The summed E-state index contributed by atoms with van der Waals surface area (Å²) in [6, 6.07) is 30.2. The van der Waals surface area contributed by atoms with E-state index < -0.39 is 4.92 Å². The molecule has 0 aliphatic rings. The third-order valence-electron chi connectivity index (χ3n) is 5.62. The van der Waals surface area contributed by atoms with E-state index in [4.69, 9.17) is 0 Å². The lowest BCUT2D eigenvalue weighted by molar-refractivity contribution is -0.384. The molecule has 160 valence electrons. The van der Waals surface area contributed by atoms with Gasteiger partial charge in [-0.2, -0.15) is 0 Å². The van der Waals surface area contributed by atoms with Crippen LogP contribution in [-0.2, 0) is 0 Å². The van der Waals surface area contributed by atoms with Gasteiger partial charge in [-0.05, 0) is 46.5 Å². The normalized spacial score (nSPS) is 11.3. The van der Waals surface area contributed by atoms with E-state index in [1.165, 1.54) is 12.1 Å². The van der Waals surface area contributed by atoms with Gasteiger partial charge in [-0.15, -0.1) is 0 Å². The fraction of sp³-hybridized carbons (Fsp3) is 0. The molecule has 3 aromatic carbocycles. The molecule has 5 rings (SSSR count). The summed E-state index contributed by atoms with van der Waals surface area (Å²) in [5.74, 6) is 0.227. The minimum Gasteiger partial charge on any atom is -0.505 e. The lowest BCUT2D eigenvalue weighted by atomic mass is 10.0. The molecule has 0 unspecified atom stereocenters. The van der Waals surface area contributed by atoms with Gasteiger partial charge in [0.05, 0.1) is 21.7 Å². The van der Waals surface area contributed by atoms with Gasteiger partial charge in [0.1, 0.15) is 5.75 Å². The number of nitro benzene ring substituents is 1. The van der Waals surface area contributed by atoms with Gasteiger partial charge in [0.2, 0.25) is 0 Å². The van der Waals surface area contributed by atoms with E-state index in [1.807, 2.05) is 95.5 Å². The minimum atomic E-state index is -0.411. The molecule has 33 heavy (non-hydrogen) atoms. The molecule has 0 amide bonds. The van der Waals surface area contributed by atoms with Crippen LogP contribution in [0.2, 0.25) is 0 Å². The van der Waals surface area contributed by atoms with Gasteiger partial charge in [0.15, 0.2) is 0 Å². The van der Waals surface area contributed by atoms with E-state index in [1.54, 1.807) is 12.1 Å². The molecule has 5 heteroatoms. The minimum absolute atomic E-state index is 0.0635. The summed E-state index contributed by atoms with van der Waals surface area (Å²) < 4.78 is 2.01. The van der Waals surface area contributed by atoms with Crippen molar-refractivity contribution in [2.45, 2.75) is 0 Å². The molecule has 0 radical (unpaired) electrons. The van der Waals surface area contributed by atoms with Crippen LogP contribution in [0.4, 0.5) is 5.69 Å². The SMILES string of the molecule is O=[N+]([O-])c1ccc(C=Cc2ccn3c(-c4ccccc4)c(-c4ccccc4)c(O)c3c2)cc1. The van der Waals surface area contributed by atoms with Crippen molar-refractivity contribution < 1.29 is 10.0 Å². The predicted molar refractivity (Wildman–Crippen MR) is 132 cm³/mol. The first kappa shape index (κ1) is 20.3. The molecule has 0 spiro atoms. The molecule has 2 heterocycles. The highest BCUT2D eigenvalue weighted by atomic mass is 16.6. The van der Waals surface area contributed by atoms with Crippen molar-refractivity contribution in [3.8, 4) is 28.1 Å². The Bertz CT molecular complexity index is 1470.